The molecule has 0 aromatic carbocycles. The van der Waals surface area contributed by atoms with Crippen molar-refractivity contribution in [3.05, 3.63) is 0 Å². The van der Waals surface area contributed by atoms with Crippen molar-refractivity contribution in [1.29, 1.82) is 0 Å². The van der Waals surface area contributed by atoms with E-state index in [-0.39, 0.29) is 12.1 Å². The average Bonchev–Trinajstić information content (AvgIpc) is 2.32. The van der Waals surface area contributed by atoms with Crippen molar-refractivity contribution >= 4 is 5.84 Å². The van der Waals surface area contributed by atoms with Gasteiger partial charge in [-0.3, -0.25) is 4.99 Å². The van der Waals surface area contributed by atoms with Crippen molar-refractivity contribution < 1.29 is 5.11 Å². The second kappa shape index (κ2) is 4.97. The smallest absolute Gasteiger partial charge is 0.0968 e. The van der Waals surface area contributed by atoms with Crippen LogP contribution in [0.4, 0.5) is 0 Å². The zero-order valence-corrected chi connectivity index (χ0v) is 9.47. The van der Waals surface area contributed by atoms with Crippen LogP contribution in [-0.2, 0) is 0 Å². The zero-order valence-electron chi connectivity index (χ0n) is 9.47. The Balaban J connectivity index is 1.96. The van der Waals surface area contributed by atoms with Gasteiger partial charge in [-0.25, -0.2) is 0 Å². The van der Waals surface area contributed by atoms with Gasteiger partial charge in [0.2, 0.25) is 0 Å². The summed E-state index contributed by atoms with van der Waals surface area (Å²) in [5.41, 5.74) is -0.0472. The molecule has 3 nitrogen and oxygen atoms in total. The van der Waals surface area contributed by atoms with E-state index in [4.69, 9.17) is 0 Å². The number of aliphatic imine (C=N–C) groups is 1. The molecule has 1 saturated carbocycles. The number of amidine groups is 1. The summed E-state index contributed by atoms with van der Waals surface area (Å²) in [5, 5.41) is 13.1. The minimum Gasteiger partial charge on any atom is -0.394 e. The summed E-state index contributed by atoms with van der Waals surface area (Å²) < 4.78 is 0. The van der Waals surface area contributed by atoms with Gasteiger partial charge in [0.1, 0.15) is 0 Å². The van der Waals surface area contributed by atoms with E-state index in [1.807, 2.05) is 0 Å². The van der Waals surface area contributed by atoms with E-state index >= 15 is 0 Å². The van der Waals surface area contributed by atoms with Crippen molar-refractivity contribution in [1.82, 2.24) is 5.32 Å². The Morgan fingerprint density at radius 3 is 2.53 bits per heavy atom. The van der Waals surface area contributed by atoms with E-state index in [1.165, 1.54) is 32.1 Å². The molecule has 1 heterocycles. The molecule has 0 spiro atoms. The van der Waals surface area contributed by atoms with E-state index in [0.29, 0.717) is 0 Å². The van der Waals surface area contributed by atoms with Crippen LogP contribution in [0.15, 0.2) is 4.99 Å². The molecule has 0 bridgehead atoms. The molecule has 1 aliphatic carbocycles. The molecule has 2 aliphatic rings. The van der Waals surface area contributed by atoms with E-state index in [0.717, 1.165) is 31.6 Å². The van der Waals surface area contributed by atoms with Crippen LogP contribution in [0.5, 0.6) is 0 Å². The van der Waals surface area contributed by atoms with Crippen molar-refractivity contribution in [3.63, 3.8) is 0 Å². The standard InChI is InChI=1S/C12H22N2O/c15-10-12(7-3-1-4-8-12)14-11-6-2-5-9-13-11/h15H,1-10H2,(H,13,14). The first-order chi connectivity index (χ1) is 7.35. The molecule has 0 amide bonds. The van der Waals surface area contributed by atoms with Gasteiger partial charge in [-0.05, 0) is 25.7 Å². The maximum absolute atomic E-state index is 9.55. The van der Waals surface area contributed by atoms with Crippen LogP contribution >= 0.6 is 0 Å². The highest BCUT2D eigenvalue weighted by molar-refractivity contribution is 5.83. The third-order valence-electron chi connectivity index (χ3n) is 3.65. The molecular formula is C12H22N2O. The van der Waals surface area contributed by atoms with Gasteiger partial charge < -0.3 is 10.4 Å². The number of hydrogen-bond acceptors (Lipinski definition) is 3. The molecule has 0 aromatic heterocycles. The summed E-state index contributed by atoms with van der Waals surface area (Å²) in [6.45, 7) is 1.22. The van der Waals surface area contributed by atoms with Gasteiger partial charge in [-0.15, -0.1) is 0 Å². The highest BCUT2D eigenvalue weighted by Gasteiger charge is 2.32. The fourth-order valence-corrected chi connectivity index (χ4v) is 2.66. The average molecular weight is 210 g/mol. The highest BCUT2D eigenvalue weighted by atomic mass is 16.3. The van der Waals surface area contributed by atoms with Gasteiger partial charge >= 0.3 is 0 Å². The zero-order chi connectivity index (χ0) is 10.6. The van der Waals surface area contributed by atoms with Crippen LogP contribution in [0.3, 0.4) is 0 Å². The Bertz CT molecular complexity index is 232. The molecule has 0 saturated heterocycles. The lowest BCUT2D eigenvalue weighted by Crippen LogP contribution is -2.52. The van der Waals surface area contributed by atoms with Gasteiger partial charge in [0, 0.05) is 13.0 Å². The Morgan fingerprint density at radius 2 is 1.93 bits per heavy atom. The van der Waals surface area contributed by atoms with Crippen LogP contribution in [0.2, 0.25) is 0 Å². The SMILES string of the molecule is OCC1(NC2=NCCCC2)CCCCC1. The molecule has 1 aliphatic heterocycles. The second-order valence-electron chi connectivity index (χ2n) is 4.91. The lowest BCUT2D eigenvalue weighted by Gasteiger charge is -2.38. The largest absolute Gasteiger partial charge is 0.394 e. The Kier molecular flexibility index (Phi) is 3.62. The van der Waals surface area contributed by atoms with Gasteiger partial charge in [0.25, 0.3) is 0 Å². The van der Waals surface area contributed by atoms with Gasteiger partial charge in [0.05, 0.1) is 18.0 Å². The van der Waals surface area contributed by atoms with Crippen LogP contribution < -0.4 is 5.32 Å². The van der Waals surface area contributed by atoms with Gasteiger partial charge in [0.15, 0.2) is 0 Å². The quantitative estimate of drug-likeness (QED) is 0.730. The summed E-state index contributed by atoms with van der Waals surface area (Å²) >= 11 is 0. The maximum atomic E-state index is 9.55. The minimum absolute atomic E-state index is 0.0472. The lowest BCUT2D eigenvalue weighted by molar-refractivity contribution is 0.138. The van der Waals surface area contributed by atoms with Gasteiger partial charge in [-0.1, -0.05) is 19.3 Å². The fourth-order valence-electron chi connectivity index (χ4n) is 2.66. The molecular weight excluding hydrogens is 188 g/mol. The van der Waals surface area contributed by atoms with E-state index < -0.39 is 0 Å². The van der Waals surface area contributed by atoms with Crippen LogP contribution in [0.25, 0.3) is 0 Å². The first kappa shape index (κ1) is 10.9. The number of nitrogens with one attached hydrogen (secondary N) is 1. The van der Waals surface area contributed by atoms with Crippen LogP contribution in [0.1, 0.15) is 51.4 Å². The Morgan fingerprint density at radius 1 is 1.13 bits per heavy atom. The molecule has 3 heteroatoms. The summed E-state index contributed by atoms with van der Waals surface area (Å²) in [5.74, 6) is 1.14. The summed E-state index contributed by atoms with van der Waals surface area (Å²) in [4.78, 5) is 4.51. The van der Waals surface area contributed by atoms with Crippen LogP contribution in [-0.4, -0.2) is 29.6 Å². The number of aliphatic hydroxyl groups excluding tert-OH is 1. The van der Waals surface area contributed by atoms with Crippen molar-refractivity contribution in [2.45, 2.75) is 56.9 Å². The summed E-state index contributed by atoms with van der Waals surface area (Å²) in [6.07, 6.45) is 9.52. The number of rotatable bonds is 2. The van der Waals surface area contributed by atoms with Crippen molar-refractivity contribution in [3.8, 4) is 0 Å². The first-order valence-electron chi connectivity index (χ1n) is 6.27. The topological polar surface area (TPSA) is 44.6 Å². The number of nitrogens with zero attached hydrogens (tertiary/aromatic N) is 1. The maximum Gasteiger partial charge on any atom is 0.0968 e. The second-order valence-corrected chi connectivity index (χ2v) is 4.91. The predicted octanol–water partition coefficient (Wildman–Crippen LogP) is 1.85. The van der Waals surface area contributed by atoms with E-state index in [9.17, 15) is 5.11 Å². The normalized spacial score (nSPS) is 25.8. The Hall–Kier alpha value is -0.570. The van der Waals surface area contributed by atoms with E-state index in [2.05, 4.69) is 10.3 Å². The fraction of sp³-hybridized carbons (Fsp3) is 0.917. The molecule has 0 atom stereocenters. The molecule has 15 heavy (non-hydrogen) atoms. The molecule has 2 N–H and O–H groups in total. The summed E-state index contributed by atoms with van der Waals surface area (Å²) in [7, 11) is 0. The van der Waals surface area contributed by atoms with Gasteiger partial charge in [-0.2, -0.15) is 0 Å². The molecule has 86 valence electrons. The molecule has 1 fully saturated rings. The predicted molar refractivity (Wildman–Crippen MR) is 62.2 cm³/mol. The molecule has 2 rings (SSSR count). The Labute approximate surface area is 92.0 Å². The monoisotopic (exact) mass is 210 g/mol. The van der Waals surface area contributed by atoms with E-state index in [1.54, 1.807) is 0 Å². The summed E-state index contributed by atoms with van der Waals surface area (Å²) in [6, 6.07) is 0. The third kappa shape index (κ3) is 2.71. The lowest BCUT2D eigenvalue weighted by atomic mass is 9.82. The molecule has 0 aromatic rings. The molecule has 0 unspecified atom stereocenters. The van der Waals surface area contributed by atoms with Crippen molar-refractivity contribution in [2.75, 3.05) is 13.2 Å². The van der Waals surface area contributed by atoms with Crippen molar-refractivity contribution in [2.24, 2.45) is 4.99 Å². The van der Waals surface area contributed by atoms with Crippen LogP contribution in [0, 0.1) is 0 Å². The third-order valence-corrected chi connectivity index (χ3v) is 3.65. The molecule has 0 radical (unpaired) electrons. The number of hydrogen-bond donors (Lipinski definition) is 2. The number of aliphatic hydroxyl groups is 1. The minimum atomic E-state index is -0.0472. The first-order valence-corrected chi connectivity index (χ1v) is 6.27. The highest BCUT2D eigenvalue weighted by Crippen LogP contribution is 2.28.